The van der Waals surface area contributed by atoms with Crippen molar-refractivity contribution in [2.24, 2.45) is 0 Å². The van der Waals surface area contributed by atoms with Crippen molar-refractivity contribution in [1.82, 2.24) is 5.32 Å². The van der Waals surface area contributed by atoms with E-state index in [0.717, 1.165) is 6.07 Å². The first kappa shape index (κ1) is 10.6. The van der Waals surface area contributed by atoms with E-state index in [1.807, 2.05) is 5.32 Å². The maximum absolute atomic E-state index is 12.9. The van der Waals surface area contributed by atoms with Gasteiger partial charge in [0.05, 0.1) is 12.1 Å². The molecule has 5 heteroatoms. The second kappa shape index (κ2) is 4.64. The average molecular weight is 203 g/mol. The first-order chi connectivity index (χ1) is 6.61. The molecule has 0 aliphatic rings. The summed E-state index contributed by atoms with van der Waals surface area (Å²) in [6.07, 6.45) is -2.63. The van der Waals surface area contributed by atoms with E-state index in [-0.39, 0.29) is 5.56 Å². The summed E-state index contributed by atoms with van der Waals surface area (Å²) in [6, 6.07) is 5.20. The molecule has 0 aliphatic carbocycles. The number of benzene rings is 1. The fraction of sp³-hybridized carbons (Fsp3) is 0.222. The summed E-state index contributed by atoms with van der Waals surface area (Å²) >= 11 is 0. The molecule has 0 atom stereocenters. The Bertz CT molecular complexity index is 328. The predicted octanol–water partition coefficient (Wildman–Crippen LogP) is 1.82. The van der Waals surface area contributed by atoms with Crippen molar-refractivity contribution in [1.29, 1.82) is 0 Å². The Morgan fingerprint density at radius 1 is 1.36 bits per heavy atom. The molecule has 0 radical (unpaired) electrons. The number of halogens is 3. The lowest BCUT2D eigenvalue weighted by molar-refractivity contribution is 0.0888. The van der Waals surface area contributed by atoms with Crippen LogP contribution in [0.25, 0.3) is 0 Å². The van der Waals surface area contributed by atoms with Crippen LogP contribution in [0, 0.1) is 5.82 Å². The minimum atomic E-state index is -2.63. The third kappa shape index (κ3) is 2.76. The highest BCUT2D eigenvalue weighted by atomic mass is 19.3. The van der Waals surface area contributed by atoms with Crippen molar-refractivity contribution in [3.05, 3.63) is 35.6 Å². The fourth-order valence-corrected chi connectivity index (χ4v) is 0.910. The van der Waals surface area contributed by atoms with Crippen LogP contribution >= 0.6 is 0 Å². The molecule has 0 fully saturated rings. The maximum atomic E-state index is 12.9. The zero-order valence-electron chi connectivity index (χ0n) is 7.14. The predicted molar refractivity (Wildman–Crippen MR) is 44.7 cm³/mol. The standard InChI is InChI=1S/C9H8F3NO/c10-7-4-2-1-3-6(7)9(14)13-5-8(11)12/h1-4,8H,5H2,(H,13,14). The summed E-state index contributed by atoms with van der Waals surface area (Å²) in [6.45, 7) is -0.771. The Morgan fingerprint density at radius 3 is 2.57 bits per heavy atom. The van der Waals surface area contributed by atoms with Crippen molar-refractivity contribution < 1.29 is 18.0 Å². The minimum Gasteiger partial charge on any atom is -0.346 e. The van der Waals surface area contributed by atoms with Gasteiger partial charge in [0.15, 0.2) is 0 Å². The molecule has 0 bridgehead atoms. The van der Waals surface area contributed by atoms with Crippen LogP contribution in [0.4, 0.5) is 13.2 Å². The lowest BCUT2D eigenvalue weighted by atomic mass is 10.2. The SMILES string of the molecule is O=C(NCC(F)F)c1ccccc1F. The van der Waals surface area contributed by atoms with Gasteiger partial charge in [-0.1, -0.05) is 12.1 Å². The molecular weight excluding hydrogens is 195 g/mol. The minimum absolute atomic E-state index is 0.229. The largest absolute Gasteiger partial charge is 0.346 e. The lowest BCUT2D eigenvalue weighted by Gasteiger charge is -2.04. The molecule has 0 aliphatic heterocycles. The van der Waals surface area contributed by atoms with E-state index in [1.54, 1.807) is 0 Å². The Labute approximate surface area is 78.7 Å². The van der Waals surface area contributed by atoms with Gasteiger partial charge in [-0.3, -0.25) is 4.79 Å². The van der Waals surface area contributed by atoms with E-state index in [4.69, 9.17) is 0 Å². The molecule has 76 valence electrons. The highest BCUT2D eigenvalue weighted by Crippen LogP contribution is 2.05. The van der Waals surface area contributed by atoms with Gasteiger partial charge in [0.1, 0.15) is 5.82 Å². The molecule has 14 heavy (non-hydrogen) atoms. The summed E-state index contributed by atoms with van der Waals surface area (Å²) in [5.74, 6) is -1.55. The van der Waals surface area contributed by atoms with Crippen LogP contribution in [-0.4, -0.2) is 18.9 Å². The van der Waals surface area contributed by atoms with E-state index >= 15 is 0 Å². The monoisotopic (exact) mass is 203 g/mol. The number of amides is 1. The molecule has 2 nitrogen and oxygen atoms in total. The number of carbonyl (C=O) groups excluding carboxylic acids is 1. The molecular formula is C9H8F3NO. The highest BCUT2D eigenvalue weighted by molar-refractivity contribution is 5.94. The molecule has 0 saturated carbocycles. The van der Waals surface area contributed by atoms with Crippen LogP contribution in [0.3, 0.4) is 0 Å². The highest BCUT2D eigenvalue weighted by Gasteiger charge is 2.11. The lowest BCUT2D eigenvalue weighted by Crippen LogP contribution is -2.29. The topological polar surface area (TPSA) is 29.1 Å². The first-order valence-corrected chi connectivity index (χ1v) is 3.92. The number of hydrogen-bond donors (Lipinski definition) is 1. The third-order valence-electron chi connectivity index (χ3n) is 1.54. The van der Waals surface area contributed by atoms with Gasteiger partial charge in [0.2, 0.25) is 0 Å². The van der Waals surface area contributed by atoms with Gasteiger partial charge < -0.3 is 5.32 Å². The van der Waals surface area contributed by atoms with Crippen LogP contribution in [-0.2, 0) is 0 Å². The number of nitrogens with one attached hydrogen (secondary N) is 1. The van der Waals surface area contributed by atoms with Gasteiger partial charge in [-0.2, -0.15) is 0 Å². The molecule has 0 unspecified atom stereocenters. The normalized spacial score (nSPS) is 10.3. The van der Waals surface area contributed by atoms with Crippen molar-refractivity contribution in [3.8, 4) is 0 Å². The van der Waals surface area contributed by atoms with Gasteiger partial charge in [0.25, 0.3) is 12.3 Å². The van der Waals surface area contributed by atoms with E-state index in [0.29, 0.717) is 0 Å². The Balaban J connectivity index is 2.65. The molecule has 1 amide bonds. The molecule has 1 aromatic carbocycles. The van der Waals surface area contributed by atoms with Gasteiger partial charge in [-0.15, -0.1) is 0 Å². The maximum Gasteiger partial charge on any atom is 0.255 e. The second-order valence-corrected chi connectivity index (χ2v) is 2.58. The van der Waals surface area contributed by atoms with Crippen LogP contribution in [0.15, 0.2) is 24.3 Å². The Hall–Kier alpha value is -1.52. The van der Waals surface area contributed by atoms with E-state index in [9.17, 15) is 18.0 Å². The van der Waals surface area contributed by atoms with Crippen molar-refractivity contribution >= 4 is 5.91 Å². The van der Waals surface area contributed by atoms with Crippen molar-refractivity contribution in [3.63, 3.8) is 0 Å². The van der Waals surface area contributed by atoms with E-state index in [2.05, 4.69) is 0 Å². The average Bonchev–Trinajstić information content (AvgIpc) is 2.15. The van der Waals surface area contributed by atoms with Gasteiger partial charge in [0, 0.05) is 0 Å². The molecule has 1 N–H and O–H groups in total. The number of alkyl halides is 2. The van der Waals surface area contributed by atoms with E-state index in [1.165, 1.54) is 18.2 Å². The Morgan fingerprint density at radius 2 is 2.00 bits per heavy atom. The first-order valence-electron chi connectivity index (χ1n) is 3.92. The summed E-state index contributed by atoms with van der Waals surface area (Å²) < 4.78 is 36.3. The molecule has 0 heterocycles. The van der Waals surface area contributed by atoms with E-state index < -0.39 is 24.7 Å². The number of hydrogen-bond acceptors (Lipinski definition) is 1. The molecule has 0 spiro atoms. The summed E-state index contributed by atoms with van der Waals surface area (Å²) in [7, 11) is 0. The van der Waals surface area contributed by atoms with Crippen LogP contribution < -0.4 is 5.32 Å². The fourth-order valence-electron chi connectivity index (χ4n) is 0.910. The second-order valence-electron chi connectivity index (χ2n) is 2.58. The van der Waals surface area contributed by atoms with Gasteiger partial charge >= 0.3 is 0 Å². The van der Waals surface area contributed by atoms with Crippen molar-refractivity contribution in [2.75, 3.05) is 6.54 Å². The quantitative estimate of drug-likeness (QED) is 0.797. The summed E-state index contributed by atoms with van der Waals surface area (Å²) in [4.78, 5) is 11.1. The smallest absolute Gasteiger partial charge is 0.255 e. The molecule has 1 rings (SSSR count). The zero-order valence-corrected chi connectivity index (χ0v) is 7.14. The number of rotatable bonds is 3. The molecule has 0 aromatic heterocycles. The molecule has 0 saturated heterocycles. The van der Waals surface area contributed by atoms with Crippen LogP contribution in [0.2, 0.25) is 0 Å². The van der Waals surface area contributed by atoms with Gasteiger partial charge in [-0.25, -0.2) is 13.2 Å². The van der Waals surface area contributed by atoms with Crippen LogP contribution in [0.1, 0.15) is 10.4 Å². The number of carbonyl (C=O) groups is 1. The third-order valence-corrected chi connectivity index (χ3v) is 1.54. The summed E-state index contributed by atoms with van der Waals surface area (Å²) in [5, 5.41) is 1.91. The molecule has 1 aromatic rings. The summed E-state index contributed by atoms with van der Waals surface area (Å²) in [5.41, 5.74) is -0.229. The van der Waals surface area contributed by atoms with Crippen molar-refractivity contribution in [2.45, 2.75) is 6.43 Å². The van der Waals surface area contributed by atoms with Gasteiger partial charge in [-0.05, 0) is 12.1 Å². The zero-order chi connectivity index (χ0) is 10.6. The van der Waals surface area contributed by atoms with Crippen LogP contribution in [0.5, 0.6) is 0 Å². The Kier molecular flexibility index (Phi) is 3.50.